The van der Waals surface area contributed by atoms with Crippen LogP contribution in [0.2, 0.25) is 0 Å². The van der Waals surface area contributed by atoms with Crippen molar-refractivity contribution in [1.82, 2.24) is 9.80 Å². The number of furan rings is 1. The van der Waals surface area contributed by atoms with Crippen molar-refractivity contribution in [3.8, 4) is 0 Å². The maximum atomic E-state index is 5.99. The Morgan fingerprint density at radius 2 is 1.44 bits per heavy atom. The van der Waals surface area contributed by atoms with Gasteiger partial charge < -0.3 is 24.0 Å². The van der Waals surface area contributed by atoms with Gasteiger partial charge in [0, 0.05) is 31.1 Å². The second-order valence-electron chi connectivity index (χ2n) is 7.39. The minimum absolute atomic E-state index is 0. The number of fused-ring (bicyclic) bond motifs is 3. The van der Waals surface area contributed by atoms with Crippen LogP contribution in [0.3, 0.4) is 0 Å². The second kappa shape index (κ2) is 9.51. The molecule has 32 heavy (non-hydrogen) atoms. The first-order chi connectivity index (χ1) is 15.2. The van der Waals surface area contributed by atoms with Crippen LogP contribution in [0.15, 0.2) is 89.9 Å². The average Bonchev–Trinajstić information content (AvgIpc) is 3.53. The first kappa shape index (κ1) is 22.0. The molecule has 6 heteroatoms. The SMILES string of the molecule is CN1C=CN(c2[c-]ccc3c2oc2ccccc23)[CH-]1.CN1C=CN(c2[c-]cccc2)[CH-]1.[Ir]. The van der Waals surface area contributed by atoms with E-state index in [1.807, 2.05) is 126 Å². The van der Waals surface area contributed by atoms with Crippen LogP contribution < -0.4 is 9.80 Å². The molecule has 3 heterocycles. The molecule has 0 aliphatic carbocycles. The van der Waals surface area contributed by atoms with E-state index in [1.54, 1.807) is 0 Å². The van der Waals surface area contributed by atoms with Crippen molar-refractivity contribution in [3.63, 3.8) is 0 Å². The summed E-state index contributed by atoms with van der Waals surface area (Å²) in [5.74, 6) is 0. The van der Waals surface area contributed by atoms with Gasteiger partial charge in [0.15, 0.2) is 0 Å². The fourth-order valence-electron chi connectivity index (χ4n) is 3.59. The van der Waals surface area contributed by atoms with Gasteiger partial charge in [0.05, 0.1) is 0 Å². The van der Waals surface area contributed by atoms with Crippen LogP contribution in [0, 0.1) is 25.5 Å². The molecule has 0 saturated carbocycles. The van der Waals surface area contributed by atoms with E-state index in [-0.39, 0.29) is 20.1 Å². The number of hydrogen-bond acceptors (Lipinski definition) is 5. The van der Waals surface area contributed by atoms with Crippen LogP contribution in [-0.2, 0) is 20.1 Å². The number of hydrogen-bond donors (Lipinski definition) is 0. The Balaban J connectivity index is 0.000000164. The van der Waals surface area contributed by atoms with Gasteiger partial charge in [-0.05, 0) is 45.0 Å². The third-order valence-electron chi connectivity index (χ3n) is 5.09. The van der Waals surface area contributed by atoms with Gasteiger partial charge in [-0.15, -0.1) is 5.69 Å². The summed E-state index contributed by atoms with van der Waals surface area (Å²) in [5.41, 5.74) is 3.79. The molecule has 0 N–H and O–H groups in total. The number of anilines is 2. The third kappa shape index (κ3) is 4.38. The zero-order chi connectivity index (χ0) is 21.2. The fraction of sp³-hybridized carbons (Fsp3) is 0.0769. The van der Waals surface area contributed by atoms with Crippen molar-refractivity contribution in [2.75, 3.05) is 23.9 Å². The van der Waals surface area contributed by atoms with Gasteiger partial charge in [0.2, 0.25) is 0 Å². The van der Waals surface area contributed by atoms with Gasteiger partial charge in [0.1, 0.15) is 5.58 Å². The first-order valence-corrected chi connectivity index (χ1v) is 10.0. The molecule has 2 aliphatic heterocycles. The first-order valence-electron chi connectivity index (χ1n) is 10.0. The van der Waals surface area contributed by atoms with E-state index >= 15 is 0 Å². The van der Waals surface area contributed by atoms with Crippen LogP contribution in [0.25, 0.3) is 21.9 Å². The molecule has 0 amide bonds. The normalized spacial score (nSPS) is 14.8. The molecule has 165 valence electrons. The average molecular weight is 599 g/mol. The maximum absolute atomic E-state index is 5.99. The standard InChI is InChI=1S/C16H12N2O.C10H10N2.Ir/c1-17-9-10-18(11-17)14-7-4-6-13-12-5-2-3-8-15(12)19-16(13)14;1-11-7-8-12(9-11)10-5-3-2-4-6-10;/h2-6,8-11H,1H3;2-5,7-9H,1H3;/q2*-2;. The van der Waals surface area contributed by atoms with Crippen LogP contribution in [0.1, 0.15) is 0 Å². The summed E-state index contributed by atoms with van der Waals surface area (Å²) >= 11 is 0. The molecule has 3 aromatic carbocycles. The van der Waals surface area contributed by atoms with E-state index in [0.717, 1.165) is 33.3 Å². The number of rotatable bonds is 2. The Morgan fingerprint density at radius 3 is 2.12 bits per heavy atom. The van der Waals surface area contributed by atoms with Gasteiger partial charge >= 0.3 is 0 Å². The Morgan fingerprint density at radius 1 is 0.719 bits per heavy atom. The van der Waals surface area contributed by atoms with Crippen LogP contribution in [0.4, 0.5) is 11.4 Å². The summed E-state index contributed by atoms with van der Waals surface area (Å²) in [6.45, 7) is 4.00. The summed E-state index contributed by atoms with van der Waals surface area (Å²) in [6, 6.07) is 26.4. The smallest absolute Gasteiger partial charge is 0.116 e. The molecular weight excluding hydrogens is 577 g/mol. The molecule has 0 fully saturated rings. The quantitative estimate of drug-likeness (QED) is 0.282. The molecule has 0 atom stereocenters. The molecule has 0 spiro atoms. The minimum atomic E-state index is 0. The van der Waals surface area contributed by atoms with E-state index in [4.69, 9.17) is 4.42 Å². The molecule has 5 nitrogen and oxygen atoms in total. The van der Waals surface area contributed by atoms with Crippen molar-refractivity contribution in [3.05, 3.63) is 111 Å². The summed E-state index contributed by atoms with van der Waals surface area (Å²) in [4.78, 5) is 8.04. The Bertz CT molecular complexity index is 1250. The summed E-state index contributed by atoms with van der Waals surface area (Å²) < 4.78 is 5.99. The van der Waals surface area contributed by atoms with Crippen molar-refractivity contribution in [2.45, 2.75) is 0 Å². The largest absolute Gasteiger partial charge is 0.514 e. The maximum Gasteiger partial charge on any atom is 0.116 e. The van der Waals surface area contributed by atoms with Gasteiger partial charge in [-0.25, -0.2) is 0 Å². The number of para-hydroxylation sites is 2. The Kier molecular flexibility index (Phi) is 6.54. The molecule has 1 radical (unpaired) electrons. The van der Waals surface area contributed by atoms with Crippen molar-refractivity contribution < 1.29 is 24.5 Å². The Labute approximate surface area is 202 Å². The van der Waals surface area contributed by atoms with Crippen LogP contribution >= 0.6 is 0 Å². The Hall–Kier alpha value is -3.21. The molecule has 1 aromatic heterocycles. The third-order valence-corrected chi connectivity index (χ3v) is 5.09. The zero-order valence-corrected chi connectivity index (χ0v) is 20.2. The summed E-state index contributed by atoms with van der Waals surface area (Å²) in [5, 5.41) is 2.27. The molecule has 4 aromatic rings. The molecule has 6 rings (SSSR count). The van der Waals surface area contributed by atoms with Gasteiger partial charge in [-0.2, -0.15) is 61.9 Å². The van der Waals surface area contributed by atoms with Gasteiger partial charge in [-0.3, -0.25) is 0 Å². The van der Waals surface area contributed by atoms with E-state index in [2.05, 4.69) is 18.2 Å². The van der Waals surface area contributed by atoms with Crippen LogP contribution in [-0.4, -0.2) is 23.9 Å². The number of nitrogens with zero attached hydrogens (tertiary/aromatic N) is 4. The van der Waals surface area contributed by atoms with E-state index in [0.29, 0.717) is 0 Å². The molecule has 0 unspecified atom stereocenters. The van der Waals surface area contributed by atoms with E-state index in [9.17, 15) is 0 Å². The molecule has 2 aliphatic rings. The zero-order valence-electron chi connectivity index (χ0n) is 17.8. The summed E-state index contributed by atoms with van der Waals surface area (Å²) in [6.07, 6.45) is 8.00. The fourth-order valence-corrected chi connectivity index (χ4v) is 3.59. The van der Waals surface area contributed by atoms with Gasteiger partial charge in [0.25, 0.3) is 0 Å². The minimum Gasteiger partial charge on any atom is -0.514 e. The van der Waals surface area contributed by atoms with E-state index < -0.39 is 0 Å². The van der Waals surface area contributed by atoms with Crippen molar-refractivity contribution >= 4 is 33.3 Å². The predicted molar refractivity (Wildman–Crippen MR) is 125 cm³/mol. The van der Waals surface area contributed by atoms with E-state index in [1.165, 1.54) is 0 Å². The predicted octanol–water partition coefficient (Wildman–Crippen LogP) is 5.56. The second-order valence-corrected chi connectivity index (χ2v) is 7.39. The van der Waals surface area contributed by atoms with Crippen molar-refractivity contribution in [2.24, 2.45) is 0 Å². The molecular formula is C26H22IrN4O-4. The topological polar surface area (TPSA) is 26.1 Å². The summed E-state index contributed by atoms with van der Waals surface area (Å²) in [7, 11) is 3.99. The molecule has 0 saturated heterocycles. The van der Waals surface area contributed by atoms with Crippen LogP contribution in [0.5, 0.6) is 0 Å². The molecule has 0 bridgehead atoms. The monoisotopic (exact) mass is 599 g/mol. The van der Waals surface area contributed by atoms with Crippen molar-refractivity contribution in [1.29, 1.82) is 0 Å². The number of benzene rings is 3. The van der Waals surface area contributed by atoms with Gasteiger partial charge in [-0.1, -0.05) is 29.3 Å².